The molecule has 16 heavy (non-hydrogen) atoms. The predicted molar refractivity (Wildman–Crippen MR) is 62.2 cm³/mol. The summed E-state index contributed by atoms with van der Waals surface area (Å²) in [5.74, 6) is 0.837. The van der Waals surface area contributed by atoms with E-state index in [9.17, 15) is 0 Å². The number of ether oxygens (including phenoxy) is 1. The van der Waals surface area contributed by atoms with Crippen LogP contribution in [0.2, 0.25) is 5.02 Å². The monoisotopic (exact) mass is 235 g/mol. The van der Waals surface area contributed by atoms with Crippen molar-refractivity contribution >= 4 is 17.4 Å². The third kappa shape index (κ3) is 2.84. The molecule has 2 rings (SSSR count). The van der Waals surface area contributed by atoms with Crippen LogP contribution in [0.4, 0.5) is 5.82 Å². The summed E-state index contributed by atoms with van der Waals surface area (Å²) in [4.78, 5) is 7.71. The fraction of sp³-hybridized carbons (Fsp3) is 0.0909. The molecule has 2 N–H and O–H groups in total. The Kier molecular flexibility index (Phi) is 3.22. The van der Waals surface area contributed by atoms with Crippen LogP contribution in [0, 0.1) is 0 Å². The van der Waals surface area contributed by atoms with Gasteiger partial charge in [0, 0.05) is 11.1 Å². The molecule has 0 aliphatic rings. The molecule has 4 nitrogen and oxygen atoms in total. The molecule has 0 fully saturated rings. The van der Waals surface area contributed by atoms with Gasteiger partial charge in [-0.1, -0.05) is 23.7 Å². The highest BCUT2D eigenvalue weighted by molar-refractivity contribution is 6.30. The van der Waals surface area contributed by atoms with Crippen molar-refractivity contribution in [3.05, 3.63) is 47.2 Å². The van der Waals surface area contributed by atoms with Gasteiger partial charge in [-0.3, -0.25) is 0 Å². The topological polar surface area (TPSA) is 61.0 Å². The van der Waals surface area contributed by atoms with Crippen LogP contribution in [-0.4, -0.2) is 9.97 Å². The van der Waals surface area contributed by atoms with Crippen LogP contribution in [0.5, 0.6) is 5.88 Å². The quantitative estimate of drug-likeness (QED) is 0.887. The zero-order valence-corrected chi connectivity index (χ0v) is 9.19. The van der Waals surface area contributed by atoms with E-state index in [-0.39, 0.29) is 0 Å². The van der Waals surface area contributed by atoms with E-state index in [0.29, 0.717) is 23.3 Å². The molecule has 2 aromatic rings. The zero-order valence-electron chi connectivity index (χ0n) is 8.43. The Morgan fingerprint density at radius 1 is 1.25 bits per heavy atom. The summed E-state index contributed by atoms with van der Waals surface area (Å²) >= 11 is 5.85. The minimum Gasteiger partial charge on any atom is -0.473 e. The van der Waals surface area contributed by atoms with Crippen LogP contribution >= 0.6 is 11.6 Å². The molecular formula is C11H10ClN3O. The largest absolute Gasteiger partial charge is 0.473 e. The summed E-state index contributed by atoms with van der Waals surface area (Å²) < 4.78 is 5.44. The van der Waals surface area contributed by atoms with Crippen molar-refractivity contribution in [2.45, 2.75) is 6.61 Å². The van der Waals surface area contributed by atoms with Crippen molar-refractivity contribution in [1.82, 2.24) is 9.97 Å². The predicted octanol–water partition coefficient (Wildman–Crippen LogP) is 2.29. The number of benzene rings is 1. The van der Waals surface area contributed by atoms with Gasteiger partial charge in [0.05, 0.1) is 0 Å². The van der Waals surface area contributed by atoms with Gasteiger partial charge in [0.2, 0.25) is 5.88 Å². The van der Waals surface area contributed by atoms with E-state index in [1.54, 1.807) is 6.07 Å². The number of nitrogens with zero attached hydrogens (tertiary/aromatic N) is 2. The SMILES string of the molecule is Nc1cc(OCc2cccc(Cl)c2)ncn1. The highest BCUT2D eigenvalue weighted by Crippen LogP contribution is 2.14. The first kappa shape index (κ1) is 10.7. The van der Waals surface area contributed by atoms with Crippen LogP contribution in [0.1, 0.15) is 5.56 Å². The number of anilines is 1. The Morgan fingerprint density at radius 2 is 2.12 bits per heavy atom. The molecular weight excluding hydrogens is 226 g/mol. The Labute approximate surface area is 98.0 Å². The summed E-state index contributed by atoms with van der Waals surface area (Å²) in [6.45, 7) is 0.400. The molecule has 1 heterocycles. The minimum atomic E-state index is 0.385. The normalized spacial score (nSPS) is 10.1. The van der Waals surface area contributed by atoms with Crippen molar-refractivity contribution in [3.63, 3.8) is 0 Å². The average Bonchev–Trinajstić information content (AvgIpc) is 2.27. The number of rotatable bonds is 3. The fourth-order valence-electron chi connectivity index (χ4n) is 1.22. The molecule has 0 radical (unpaired) electrons. The molecule has 0 atom stereocenters. The molecule has 0 unspecified atom stereocenters. The second-order valence-electron chi connectivity index (χ2n) is 3.20. The number of hydrogen-bond acceptors (Lipinski definition) is 4. The van der Waals surface area contributed by atoms with Crippen molar-refractivity contribution in [1.29, 1.82) is 0 Å². The van der Waals surface area contributed by atoms with Gasteiger partial charge in [0.25, 0.3) is 0 Å². The molecule has 5 heteroatoms. The third-order valence-electron chi connectivity index (χ3n) is 1.94. The van der Waals surface area contributed by atoms with Crippen molar-refractivity contribution in [2.75, 3.05) is 5.73 Å². The Hall–Kier alpha value is -1.81. The maximum Gasteiger partial charge on any atom is 0.218 e. The molecule has 82 valence electrons. The first-order chi connectivity index (χ1) is 7.74. The lowest BCUT2D eigenvalue weighted by Gasteiger charge is -2.05. The van der Waals surface area contributed by atoms with Crippen LogP contribution in [0.15, 0.2) is 36.7 Å². The van der Waals surface area contributed by atoms with E-state index in [2.05, 4.69) is 9.97 Å². The molecule has 0 aliphatic heterocycles. The molecule has 0 bridgehead atoms. The summed E-state index contributed by atoms with van der Waals surface area (Å²) in [5.41, 5.74) is 6.48. The van der Waals surface area contributed by atoms with E-state index >= 15 is 0 Å². The second kappa shape index (κ2) is 4.81. The second-order valence-corrected chi connectivity index (χ2v) is 3.64. The average molecular weight is 236 g/mol. The zero-order chi connectivity index (χ0) is 11.4. The van der Waals surface area contributed by atoms with Gasteiger partial charge < -0.3 is 10.5 Å². The molecule has 0 aliphatic carbocycles. The van der Waals surface area contributed by atoms with Gasteiger partial charge in [-0.25, -0.2) is 9.97 Å². The van der Waals surface area contributed by atoms with Gasteiger partial charge >= 0.3 is 0 Å². The van der Waals surface area contributed by atoms with E-state index in [1.165, 1.54) is 6.33 Å². The molecule has 1 aromatic heterocycles. The van der Waals surface area contributed by atoms with E-state index in [0.717, 1.165) is 5.56 Å². The van der Waals surface area contributed by atoms with Gasteiger partial charge in [-0.2, -0.15) is 0 Å². The van der Waals surface area contributed by atoms with Gasteiger partial charge in [-0.05, 0) is 17.7 Å². The van der Waals surface area contributed by atoms with Crippen LogP contribution in [-0.2, 0) is 6.61 Å². The van der Waals surface area contributed by atoms with Crippen LogP contribution in [0.3, 0.4) is 0 Å². The summed E-state index contributed by atoms with van der Waals surface area (Å²) in [5, 5.41) is 0.684. The lowest BCUT2D eigenvalue weighted by molar-refractivity contribution is 0.293. The first-order valence-electron chi connectivity index (χ1n) is 4.69. The van der Waals surface area contributed by atoms with E-state index in [4.69, 9.17) is 22.1 Å². The third-order valence-corrected chi connectivity index (χ3v) is 2.17. The standard InChI is InChI=1S/C11H10ClN3O/c12-9-3-1-2-8(4-9)6-16-11-5-10(13)14-7-15-11/h1-5,7H,6H2,(H2,13,14,15). The highest BCUT2D eigenvalue weighted by atomic mass is 35.5. The number of hydrogen-bond donors (Lipinski definition) is 1. The van der Waals surface area contributed by atoms with Crippen molar-refractivity contribution in [2.24, 2.45) is 0 Å². The van der Waals surface area contributed by atoms with Crippen LogP contribution in [0.25, 0.3) is 0 Å². The fourth-order valence-corrected chi connectivity index (χ4v) is 1.43. The van der Waals surface area contributed by atoms with Crippen molar-refractivity contribution in [3.8, 4) is 5.88 Å². The maximum absolute atomic E-state index is 5.85. The van der Waals surface area contributed by atoms with Crippen LogP contribution < -0.4 is 10.5 Å². The molecule has 0 saturated heterocycles. The highest BCUT2D eigenvalue weighted by Gasteiger charge is 1.98. The lowest BCUT2D eigenvalue weighted by Crippen LogP contribution is -1.99. The Balaban J connectivity index is 2.02. The van der Waals surface area contributed by atoms with Gasteiger partial charge in [0.1, 0.15) is 18.8 Å². The molecule has 0 saturated carbocycles. The number of nitrogen functional groups attached to an aromatic ring is 1. The number of nitrogens with two attached hydrogens (primary N) is 1. The molecule has 1 aromatic carbocycles. The molecule has 0 amide bonds. The summed E-state index contributed by atoms with van der Waals surface area (Å²) in [6, 6.07) is 9.02. The maximum atomic E-state index is 5.85. The van der Waals surface area contributed by atoms with Gasteiger partial charge in [-0.15, -0.1) is 0 Å². The number of aromatic nitrogens is 2. The lowest BCUT2D eigenvalue weighted by atomic mass is 10.2. The smallest absolute Gasteiger partial charge is 0.218 e. The van der Waals surface area contributed by atoms with E-state index < -0.39 is 0 Å². The van der Waals surface area contributed by atoms with E-state index in [1.807, 2.05) is 24.3 Å². The Bertz CT molecular complexity index is 445. The summed E-state index contributed by atoms with van der Waals surface area (Å²) in [6.07, 6.45) is 1.36. The molecule has 0 spiro atoms. The van der Waals surface area contributed by atoms with Crippen molar-refractivity contribution < 1.29 is 4.74 Å². The van der Waals surface area contributed by atoms with Gasteiger partial charge in [0.15, 0.2) is 0 Å². The summed E-state index contributed by atoms with van der Waals surface area (Å²) in [7, 11) is 0. The number of halogens is 1. The Morgan fingerprint density at radius 3 is 2.88 bits per heavy atom. The minimum absolute atomic E-state index is 0.385. The first-order valence-corrected chi connectivity index (χ1v) is 5.06.